The summed E-state index contributed by atoms with van der Waals surface area (Å²) in [6.07, 6.45) is 1.71. The van der Waals surface area contributed by atoms with Crippen LogP contribution in [0.2, 0.25) is 10.0 Å². The molecule has 0 aliphatic carbocycles. The molecule has 0 N–H and O–H groups in total. The molecule has 1 heterocycles. The quantitative estimate of drug-likeness (QED) is 0.453. The number of nitrogens with zero attached hydrogens (tertiary/aromatic N) is 3. The number of unbranched alkanes of at least 4 members (excludes halogenated alkanes) is 1. The number of thiazole rings is 1. The third-order valence-corrected chi connectivity index (χ3v) is 8.44. The maximum Gasteiger partial charge on any atom is 0.279 e. The van der Waals surface area contributed by atoms with E-state index in [1.807, 2.05) is 13.8 Å². The zero-order valence-corrected chi connectivity index (χ0v) is 20.6. The summed E-state index contributed by atoms with van der Waals surface area (Å²) in [5, 5.41) is 0.988. The Labute approximate surface area is 195 Å². The molecule has 3 rings (SSSR count). The van der Waals surface area contributed by atoms with Gasteiger partial charge in [-0.3, -0.25) is 4.79 Å². The third-order valence-electron chi connectivity index (χ3n) is 4.87. The topological polar surface area (TPSA) is 71.7 Å². The van der Waals surface area contributed by atoms with Gasteiger partial charge in [-0.25, -0.2) is 8.42 Å². The van der Waals surface area contributed by atoms with Crippen LogP contribution in [0, 0.1) is 0 Å². The lowest BCUT2D eigenvalue weighted by Gasteiger charge is -2.20. The minimum atomic E-state index is -3.60. The van der Waals surface area contributed by atoms with Crippen molar-refractivity contribution in [1.82, 2.24) is 8.87 Å². The van der Waals surface area contributed by atoms with Crippen LogP contribution in [0.3, 0.4) is 0 Å². The fourth-order valence-electron chi connectivity index (χ4n) is 3.16. The van der Waals surface area contributed by atoms with Crippen LogP contribution in [-0.2, 0) is 17.1 Å². The van der Waals surface area contributed by atoms with Crippen LogP contribution in [-0.4, -0.2) is 36.3 Å². The van der Waals surface area contributed by atoms with Gasteiger partial charge in [-0.1, -0.05) is 54.8 Å². The van der Waals surface area contributed by atoms with Crippen molar-refractivity contribution < 1.29 is 13.2 Å². The lowest BCUT2D eigenvalue weighted by atomic mass is 10.2. The number of benzene rings is 2. The Hall–Kier alpha value is -1.71. The molecule has 1 aromatic heterocycles. The molecule has 0 unspecified atom stereocenters. The minimum absolute atomic E-state index is 0.163. The van der Waals surface area contributed by atoms with Gasteiger partial charge in [0.2, 0.25) is 10.0 Å². The highest BCUT2D eigenvalue weighted by Crippen LogP contribution is 2.29. The van der Waals surface area contributed by atoms with Gasteiger partial charge in [-0.2, -0.15) is 9.30 Å². The molecular weight excluding hydrogens is 477 g/mol. The van der Waals surface area contributed by atoms with Crippen LogP contribution in [0.5, 0.6) is 0 Å². The van der Waals surface area contributed by atoms with Gasteiger partial charge in [0, 0.05) is 30.7 Å². The zero-order valence-electron chi connectivity index (χ0n) is 17.4. The number of aromatic nitrogens is 1. The van der Waals surface area contributed by atoms with Gasteiger partial charge in [0.05, 0.1) is 20.1 Å². The summed E-state index contributed by atoms with van der Waals surface area (Å²) in [6.45, 7) is 4.70. The van der Waals surface area contributed by atoms with Crippen LogP contribution in [0.1, 0.15) is 37.0 Å². The molecule has 166 valence electrons. The van der Waals surface area contributed by atoms with Gasteiger partial charge >= 0.3 is 0 Å². The molecule has 3 aromatic rings. The highest BCUT2D eigenvalue weighted by atomic mass is 35.5. The Bertz CT molecular complexity index is 1280. The van der Waals surface area contributed by atoms with Crippen molar-refractivity contribution >= 4 is 60.7 Å². The first-order valence-corrected chi connectivity index (χ1v) is 12.8. The van der Waals surface area contributed by atoms with Crippen molar-refractivity contribution in [2.75, 3.05) is 13.1 Å². The molecule has 0 bridgehead atoms. The molecule has 0 aliphatic heterocycles. The molecule has 0 radical (unpaired) electrons. The van der Waals surface area contributed by atoms with Crippen molar-refractivity contribution in [3.8, 4) is 0 Å². The highest BCUT2D eigenvalue weighted by molar-refractivity contribution is 7.89. The Morgan fingerprint density at radius 3 is 2.45 bits per heavy atom. The van der Waals surface area contributed by atoms with E-state index in [4.69, 9.17) is 23.2 Å². The number of sulfonamides is 1. The molecule has 10 heteroatoms. The fourth-order valence-corrected chi connectivity index (χ4v) is 6.47. The first-order chi connectivity index (χ1) is 14.7. The Kier molecular flexibility index (Phi) is 7.59. The molecule has 0 spiro atoms. The molecule has 0 saturated heterocycles. The van der Waals surface area contributed by atoms with E-state index in [2.05, 4.69) is 4.99 Å². The lowest BCUT2D eigenvalue weighted by molar-refractivity contribution is 0.0998. The fraction of sp³-hybridized carbons (Fsp3) is 0.333. The van der Waals surface area contributed by atoms with E-state index in [1.165, 1.54) is 39.9 Å². The number of amides is 1. The van der Waals surface area contributed by atoms with E-state index < -0.39 is 15.9 Å². The van der Waals surface area contributed by atoms with Crippen molar-refractivity contribution in [3.05, 3.63) is 56.8 Å². The molecule has 0 fully saturated rings. The van der Waals surface area contributed by atoms with Crippen LogP contribution in [0.25, 0.3) is 10.2 Å². The normalized spacial score (nSPS) is 12.8. The van der Waals surface area contributed by atoms with E-state index in [0.29, 0.717) is 33.5 Å². The number of carbonyl (C=O) groups is 1. The summed E-state index contributed by atoms with van der Waals surface area (Å²) in [4.78, 5) is 17.5. The van der Waals surface area contributed by atoms with Crippen LogP contribution in [0.4, 0.5) is 0 Å². The molecular formula is C21H23Cl2N3O3S2. The van der Waals surface area contributed by atoms with E-state index in [1.54, 1.807) is 23.7 Å². The van der Waals surface area contributed by atoms with E-state index in [9.17, 15) is 13.2 Å². The summed E-state index contributed by atoms with van der Waals surface area (Å²) < 4.78 is 29.7. The summed E-state index contributed by atoms with van der Waals surface area (Å²) >= 11 is 13.6. The van der Waals surface area contributed by atoms with Gasteiger partial charge in [0.15, 0.2) is 4.80 Å². The highest BCUT2D eigenvalue weighted by Gasteiger charge is 2.22. The number of halogens is 2. The van der Waals surface area contributed by atoms with Crippen LogP contribution in [0.15, 0.2) is 46.3 Å². The molecule has 0 aliphatic rings. The maximum atomic E-state index is 12.8. The van der Waals surface area contributed by atoms with Gasteiger partial charge in [0.25, 0.3) is 5.91 Å². The molecule has 31 heavy (non-hydrogen) atoms. The number of fused-ring (bicyclic) bond motifs is 1. The van der Waals surface area contributed by atoms with Crippen LogP contribution >= 0.6 is 34.5 Å². The predicted octanol–water partition coefficient (Wildman–Crippen LogP) is 5.10. The van der Waals surface area contributed by atoms with Gasteiger partial charge < -0.3 is 4.57 Å². The Morgan fingerprint density at radius 2 is 1.84 bits per heavy atom. The Balaban J connectivity index is 1.91. The number of hydrogen-bond donors (Lipinski definition) is 0. The third kappa shape index (κ3) is 5.04. The van der Waals surface area contributed by atoms with Crippen molar-refractivity contribution in [3.63, 3.8) is 0 Å². The van der Waals surface area contributed by atoms with Crippen LogP contribution < -0.4 is 4.80 Å². The second-order valence-electron chi connectivity index (χ2n) is 6.97. The molecule has 0 saturated carbocycles. The zero-order chi connectivity index (χ0) is 22.8. The maximum absolute atomic E-state index is 12.8. The number of carbonyl (C=O) groups excluding carboxylic acids is 1. The summed E-state index contributed by atoms with van der Waals surface area (Å²) in [6, 6.07) is 9.30. The first kappa shape index (κ1) is 23.9. The number of rotatable bonds is 7. The molecule has 0 atom stereocenters. The summed E-state index contributed by atoms with van der Waals surface area (Å²) in [5.74, 6) is -0.466. The minimum Gasteiger partial charge on any atom is -0.318 e. The summed E-state index contributed by atoms with van der Waals surface area (Å²) in [7, 11) is -1.82. The number of aryl methyl sites for hydroxylation is 1. The van der Waals surface area contributed by atoms with Crippen molar-refractivity contribution in [2.24, 2.45) is 12.0 Å². The van der Waals surface area contributed by atoms with Gasteiger partial charge in [-0.05, 0) is 42.8 Å². The van der Waals surface area contributed by atoms with E-state index in [0.717, 1.165) is 23.1 Å². The largest absolute Gasteiger partial charge is 0.318 e. The molecule has 2 aromatic carbocycles. The second-order valence-corrected chi connectivity index (χ2v) is 10.8. The second kappa shape index (κ2) is 9.83. The van der Waals surface area contributed by atoms with Gasteiger partial charge in [0.1, 0.15) is 0 Å². The monoisotopic (exact) mass is 499 g/mol. The lowest BCUT2D eigenvalue weighted by Crippen LogP contribution is -2.31. The first-order valence-electron chi connectivity index (χ1n) is 9.82. The van der Waals surface area contributed by atoms with Crippen molar-refractivity contribution in [1.29, 1.82) is 0 Å². The van der Waals surface area contributed by atoms with E-state index in [-0.39, 0.29) is 4.90 Å². The standard InChI is InChI=1S/C21H23Cl2N3O3S2/c1-4-6-11-26(5-2)31(28,29)16-9-7-14(8-10-16)20(27)24-21-25(3)19-17(23)12-15(22)13-18(19)30-21/h7-10,12-13H,4-6,11H2,1-3H3. The summed E-state index contributed by atoms with van der Waals surface area (Å²) in [5.41, 5.74) is 1.05. The average Bonchev–Trinajstić information content (AvgIpc) is 3.03. The number of hydrogen-bond acceptors (Lipinski definition) is 4. The smallest absolute Gasteiger partial charge is 0.279 e. The van der Waals surface area contributed by atoms with E-state index >= 15 is 0 Å². The predicted molar refractivity (Wildman–Crippen MR) is 126 cm³/mol. The Morgan fingerprint density at radius 1 is 1.16 bits per heavy atom. The van der Waals surface area contributed by atoms with Crippen molar-refractivity contribution in [2.45, 2.75) is 31.6 Å². The molecule has 6 nitrogen and oxygen atoms in total. The SMILES string of the molecule is CCCCN(CC)S(=O)(=O)c1ccc(C(=O)N=c2sc3cc(Cl)cc(Cl)c3n2C)cc1. The average molecular weight is 500 g/mol. The molecule has 1 amide bonds. The van der Waals surface area contributed by atoms with Gasteiger partial charge in [-0.15, -0.1) is 0 Å².